The van der Waals surface area contributed by atoms with E-state index in [9.17, 15) is 4.79 Å². The van der Waals surface area contributed by atoms with Crippen LogP contribution in [-0.4, -0.2) is 29.2 Å². The molecule has 4 rings (SSSR count). The van der Waals surface area contributed by atoms with Gasteiger partial charge in [-0.2, -0.15) is 4.98 Å². The molecule has 6 nitrogen and oxygen atoms in total. The van der Waals surface area contributed by atoms with Gasteiger partial charge in [0.25, 0.3) is 0 Å². The van der Waals surface area contributed by atoms with Gasteiger partial charge in [-0.3, -0.25) is 4.79 Å². The second-order valence-corrected chi connectivity index (χ2v) is 7.65. The Labute approximate surface area is 193 Å². The number of hydrogen-bond acceptors (Lipinski definition) is 5. The van der Waals surface area contributed by atoms with Crippen molar-refractivity contribution in [3.63, 3.8) is 0 Å². The molecule has 0 aliphatic rings. The average Bonchev–Trinajstić information content (AvgIpc) is 3.34. The van der Waals surface area contributed by atoms with E-state index in [0.29, 0.717) is 31.3 Å². The maximum absolute atomic E-state index is 12.5. The summed E-state index contributed by atoms with van der Waals surface area (Å²) in [5, 5.41) is 7.10. The SMILES string of the molecule is CCOc1ccc(-c2noc(CCC(=O)NCC(c3ccccc3)c3ccccc3)n2)cc1. The lowest BCUT2D eigenvalue weighted by atomic mass is 9.91. The number of amides is 1. The Balaban J connectivity index is 1.32. The van der Waals surface area contributed by atoms with Crippen LogP contribution in [0.4, 0.5) is 0 Å². The van der Waals surface area contributed by atoms with E-state index in [1.54, 1.807) is 0 Å². The van der Waals surface area contributed by atoms with Gasteiger partial charge in [0.2, 0.25) is 17.6 Å². The Morgan fingerprint density at radius 3 is 2.18 bits per heavy atom. The number of nitrogens with zero attached hydrogens (tertiary/aromatic N) is 2. The summed E-state index contributed by atoms with van der Waals surface area (Å²) < 4.78 is 10.8. The molecule has 0 bridgehead atoms. The molecule has 1 aromatic heterocycles. The van der Waals surface area contributed by atoms with Crippen LogP contribution in [0.2, 0.25) is 0 Å². The standard InChI is InChI=1S/C27H27N3O3/c1-2-32-23-15-13-22(14-16-23)27-29-26(33-30-27)18-17-25(31)28-19-24(20-9-5-3-6-10-20)21-11-7-4-8-12-21/h3-16,24H,2,17-19H2,1H3,(H,28,31). The summed E-state index contributed by atoms with van der Waals surface area (Å²) in [6.07, 6.45) is 0.665. The van der Waals surface area contributed by atoms with E-state index in [2.05, 4.69) is 39.7 Å². The van der Waals surface area contributed by atoms with Crippen LogP contribution in [0.3, 0.4) is 0 Å². The number of carbonyl (C=O) groups is 1. The van der Waals surface area contributed by atoms with Crippen molar-refractivity contribution in [2.45, 2.75) is 25.7 Å². The summed E-state index contributed by atoms with van der Waals surface area (Å²) >= 11 is 0. The maximum Gasteiger partial charge on any atom is 0.227 e. The fourth-order valence-corrected chi connectivity index (χ4v) is 3.66. The van der Waals surface area contributed by atoms with Crippen molar-refractivity contribution < 1.29 is 14.1 Å². The Hall–Kier alpha value is -3.93. The Bertz CT molecular complexity index is 1100. The maximum atomic E-state index is 12.5. The van der Waals surface area contributed by atoms with Crippen LogP contribution in [0, 0.1) is 0 Å². The molecule has 1 amide bonds. The van der Waals surface area contributed by atoms with E-state index in [1.807, 2.05) is 67.6 Å². The molecule has 0 saturated carbocycles. The molecule has 0 aliphatic carbocycles. The van der Waals surface area contributed by atoms with Crippen LogP contribution in [0.25, 0.3) is 11.4 Å². The lowest BCUT2D eigenvalue weighted by Crippen LogP contribution is -2.29. The predicted octanol–water partition coefficient (Wildman–Crippen LogP) is 5.02. The molecular formula is C27H27N3O3. The van der Waals surface area contributed by atoms with Gasteiger partial charge in [-0.05, 0) is 42.3 Å². The first kappa shape index (κ1) is 22.3. The molecule has 33 heavy (non-hydrogen) atoms. The zero-order valence-corrected chi connectivity index (χ0v) is 18.6. The molecule has 0 unspecified atom stereocenters. The zero-order chi connectivity index (χ0) is 22.9. The third-order valence-electron chi connectivity index (χ3n) is 5.36. The van der Waals surface area contributed by atoms with E-state index < -0.39 is 0 Å². The fraction of sp³-hybridized carbons (Fsp3) is 0.222. The summed E-state index contributed by atoms with van der Waals surface area (Å²) in [5.41, 5.74) is 3.17. The van der Waals surface area contributed by atoms with Crippen LogP contribution in [-0.2, 0) is 11.2 Å². The molecule has 0 aliphatic heterocycles. The van der Waals surface area contributed by atoms with Crippen molar-refractivity contribution in [1.29, 1.82) is 0 Å². The largest absolute Gasteiger partial charge is 0.494 e. The smallest absolute Gasteiger partial charge is 0.227 e. The number of aryl methyl sites for hydroxylation is 1. The average molecular weight is 442 g/mol. The van der Waals surface area contributed by atoms with Gasteiger partial charge in [0, 0.05) is 30.9 Å². The monoisotopic (exact) mass is 441 g/mol. The van der Waals surface area contributed by atoms with Crippen molar-refractivity contribution >= 4 is 5.91 Å². The molecule has 0 fully saturated rings. The van der Waals surface area contributed by atoms with Crippen molar-refractivity contribution in [2.24, 2.45) is 0 Å². The van der Waals surface area contributed by atoms with Crippen molar-refractivity contribution in [2.75, 3.05) is 13.2 Å². The molecule has 0 spiro atoms. The molecule has 6 heteroatoms. The van der Waals surface area contributed by atoms with Gasteiger partial charge in [-0.15, -0.1) is 0 Å². The molecule has 3 aromatic carbocycles. The highest BCUT2D eigenvalue weighted by molar-refractivity contribution is 5.76. The van der Waals surface area contributed by atoms with Gasteiger partial charge >= 0.3 is 0 Å². The number of ether oxygens (including phenoxy) is 1. The van der Waals surface area contributed by atoms with E-state index in [0.717, 1.165) is 11.3 Å². The highest BCUT2D eigenvalue weighted by atomic mass is 16.5. The second kappa shape index (κ2) is 11.1. The number of rotatable bonds is 10. The van der Waals surface area contributed by atoms with Gasteiger partial charge in [0.05, 0.1) is 6.61 Å². The second-order valence-electron chi connectivity index (χ2n) is 7.65. The quantitative estimate of drug-likeness (QED) is 0.374. The van der Waals surface area contributed by atoms with Crippen LogP contribution >= 0.6 is 0 Å². The first-order valence-corrected chi connectivity index (χ1v) is 11.2. The van der Waals surface area contributed by atoms with E-state index in [-0.39, 0.29) is 18.2 Å². The van der Waals surface area contributed by atoms with Crippen molar-refractivity contribution in [3.8, 4) is 17.1 Å². The fourth-order valence-electron chi connectivity index (χ4n) is 3.66. The molecule has 1 heterocycles. The molecule has 1 N–H and O–H groups in total. The molecule has 0 atom stereocenters. The third kappa shape index (κ3) is 6.07. The van der Waals surface area contributed by atoms with Gasteiger partial charge in [0.1, 0.15) is 5.75 Å². The van der Waals surface area contributed by atoms with Gasteiger partial charge in [0.15, 0.2) is 0 Å². The predicted molar refractivity (Wildman–Crippen MR) is 127 cm³/mol. The Morgan fingerprint density at radius 2 is 1.58 bits per heavy atom. The minimum Gasteiger partial charge on any atom is -0.494 e. The normalized spacial score (nSPS) is 10.8. The lowest BCUT2D eigenvalue weighted by molar-refractivity contribution is -0.121. The van der Waals surface area contributed by atoms with E-state index in [4.69, 9.17) is 9.26 Å². The number of nitrogens with one attached hydrogen (secondary N) is 1. The minimum absolute atomic E-state index is 0.0484. The molecule has 0 radical (unpaired) electrons. The molecule has 4 aromatic rings. The van der Waals surface area contributed by atoms with Gasteiger partial charge in [-0.25, -0.2) is 0 Å². The summed E-state index contributed by atoms with van der Waals surface area (Å²) in [6.45, 7) is 3.08. The zero-order valence-electron chi connectivity index (χ0n) is 18.6. The number of benzene rings is 3. The highest BCUT2D eigenvalue weighted by Gasteiger charge is 2.16. The number of hydrogen-bond donors (Lipinski definition) is 1. The van der Waals surface area contributed by atoms with Gasteiger partial charge < -0.3 is 14.6 Å². The Kier molecular flexibility index (Phi) is 7.48. The summed E-state index contributed by atoms with van der Waals surface area (Å²) in [4.78, 5) is 17.0. The number of carbonyl (C=O) groups excluding carboxylic acids is 1. The third-order valence-corrected chi connectivity index (χ3v) is 5.36. The first-order chi connectivity index (χ1) is 16.2. The molecule has 0 saturated heterocycles. The highest BCUT2D eigenvalue weighted by Crippen LogP contribution is 2.24. The van der Waals surface area contributed by atoms with Crippen LogP contribution < -0.4 is 10.1 Å². The first-order valence-electron chi connectivity index (χ1n) is 11.2. The van der Waals surface area contributed by atoms with E-state index >= 15 is 0 Å². The molecule has 168 valence electrons. The van der Waals surface area contributed by atoms with Crippen LogP contribution in [0.1, 0.15) is 36.3 Å². The van der Waals surface area contributed by atoms with Crippen molar-refractivity contribution in [3.05, 3.63) is 102 Å². The number of aromatic nitrogens is 2. The topological polar surface area (TPSA) is 77.2 Å². The van der Waals surface area contributed by atoms with Crippen LogP contribution in [0.5, 0.6) is 5.75 Å². The summed E-state index contributed by atoms with van der Waals surface area (Å²) in [5.74, 6) is 1.78. The van der Waals surface area contributed by atoms with E-state index in [1.165, 1.54) is 11.1 Å². The summed E-state index contributed by atoms with van der Waals surface area (Å²) in [6, 6.07) is 27.9. The lowest BCUT2D eigenvalue weighted by Gasteiger charge is -2.18. The van der Waals surface area contributed by atoms with Gasteiger partial charge in [-0.1, -0.05) is 65.8 Å². The van der Waals surface area contributed by atoms with Crippen molar-refractivity contribution in [1.82, 2.24) is 15.5 Å². The Morgan fingerprint density at radius 1 is 0.939 bits per heavy atom. The summed E-state index contributed by atoms with van der Waals surface area (Å²) in [7, 11) is 0. The molecular weight excluding hydrogens is 414 g/mol. The minimum atomic E-state index is -0.0484. The van der Waals surface area contributed by atoms with Crippen LogP contribution in [0.15, 0.2) is 89.5 Å².